The van der Waals surface area contributed by atoms with E-state index in [1.54, 1.807) is 0 Å². The Bertz CT molecular complexity index is 2070. The van der Waals surface area contributed by atoms with Crippen LogP contribution in [0.5, 0.6) is 5.75 Å². The lowest BCUT2D eigenvalue weighted by molar-refractivity contribution is 0.484. The first-order valence-corrected chi connectivity index (χ1v) is 14.3. The Labute approximate surface area is 244 Å². The molecule has 7 aromatic rings. The minimum atomic E-state index is 0.401. The summed E-state index contributed by atoms with van der Waals surface area (Å²) in [6, 6.07) is 41.8. The molecule has 0 atom stereocenters. The molecule has 0 aliphatic carbocycles. The van der Waals surface area contributed by atoms with E-state index in [4.69, 9.17) is 0 Å². The first kappa shape index (κ1) is 25.4. The number of aromatic hydroxyl groups is 1. The third kappa shape index (κ3) is 3.91. The minimum absolute atomic E-state index is 0.401. The van der Waals surface area contributed by atoms with Crippen LogP contribution in [0.3, 0.4) is 0 Å². The summed E-state index contributed by atoms with van der Waals surface area (Å²) >= 11 is 0. The summed E-state index contributed by atoms with van der Waals surface area (Å²) in [7, 11) is 8.34. The first-order chi connectivity index (χ1) is 20.0. The molecule has 1 nitrogen and oxygen atoms in total. The Hall–Kier alpha value is -4.62. The summed E-state index contributed by atoms with van der Waals surface area (Å²) in [4.78, 5) is 0. The number of hydrogen-bond acceptors (Lipinski definition) is 1. The summed E-state index contributed by atoms with van der Waals surface area (Å²) in [6.07, 6.45) is 0. The normalized spacial score (nSPS) is 11.4. The van der Waals surface area contributed by atoms with Gasteiger partial charge < -0.3 is 5.11 Å². The maximum Gasteiger partial charge on any atom is 0.143 e. The van der Waals surface area contributed by atoms with Crippen molar-refractivity contribution >= 4 is 85.6 Å². The summed E-state index contributed by atoms with van der Waals surface area (Å²) < 4.78 is 0. The minimum Gasteiger partial charge on any atom is -0.509 e. The van der Waals surface area contributed by atoms with Gasteiger partial charge in [0, 0.05) is 0 Å². The third-order valence-electron chi connectivity index (χ3n) is 9.00. The fourth-order valence-electron chi connectivity index (χ4n) is 6.69. The Balaban J connectivity index is 1.65. The Morgan fingerprint density at radius 3 is 1.41 bits per heavy atom. The second kappa shape index (κ2) is 9.78. The van der Waals surface area contributed by atoms with Gasteiger partial charge in [-0.15, -0.1) is 0 Å². The van der Waals surface area contributed by atoms with Gasteiger partial charge in [0.05, 0.1) is 0 Å². The van der Waals surface area contributed by atoms with Crippen LogP contribution in [0.25, 0.3) is 65.7 Å². The molecule has 7 aromatic carbocycles. The molecule has 0 heterocycles. The fraction of sp³-hybridized carbons (Fsp3) is 0. The highest BCUT2D eigenvalue weighted by Crippen LogP contribution is 2.44. The summed E-state index contributed by atoms with van der Waals surface area (Å²) in [5.74, 6) is 0.401. The molecule has 0 saturated heterocycles. The first-order valence-electron chi connectivity index (χ1n) is 14.3. The van der Waals surface area contributed by atoms with E-state index >= 15 is 0 Å². The molecule has 0 spiro atoms. The monoisotopic (exact) mass is 520 g/mol. The second-order valence-electron chi connectivity index (χ2n) is 11.2. The highest BCUT2D eigenvalue weighted by Gasteiger charge is 2.22. The van der Waals surface area contributed by atoms with Crippen LogP contribution in [0.1, 0.15) is 0 Å². The van der Waals surface area contributed by atoms with Gasteiger partial charge in [-0.25, -0.2) is 0 Å². The van der Waals surface area contributed by atoms with Crippen LogP contribution in [0.15, 0.2) is 115 Å². The lowest BCUT2D eigenvalue weighted by Crippen LogP contribution is -2.42. The van der Waals surface area contributed by atoms with E-state index < -0.39 is 0 Å². The molecule has 7 rings (SSSR count). The van der Waals surface area contributed by atoms with Crippen molar-refractivity contribution < 1.29 is 5.11 Å². The SMILES string of the molecule is Bc1c(B)c(-c2c3ccccc3c(-c3cc(-c4ccccc4)c4ccccc4c3)c3ccccc23)c(B)c(B)c1O. The zero-order valence-electron chi connectivity index (χ0n) is 23.9. The highest BCUT2D eigenvalue weighted by atomic mass is 16.3. The van der Waals surface area contributed by atoms with Crippen molar-refractivity contribution in [2.24, 2.45) is 0 Å². The van der Waals surface area contributed by atoms with Gasteiger partial charge >= 0.3 is 0 Å². The number of rotatable bonds is 3. The van der Waals surface area contributed by atoms with Crippen LogP contribution < -0.4 is 21.9 Å². The van der Waals surface area contributed by atoms with Crippen LogP contribution in [-0.4, -0.2) is 36.5 Å². The quantitative estimate of drug-likeness (QED) is 0.281. The molecule has 0 bridgehead atoms. The number of hydrogen-bond donors (Lipinski definition) is 1. The number of fused-ring (bicyclic) bond motifs is 3. The topological polar surface area (TPSA) is 20.2 Å². The van der Waals surface area contributed by atoms with Gasteiger partial charge in [-0.2, -0.15) is 0 Å². The predicted molar refractivity (Wildman–Crippen MR) is 190 cm³/mol. The van der Waals surface area contributed by atoms with Crippen LogP contribution in [0.2, 0.25) is 0 Å². The molecule has 0 aromatic heterocycles. The number of benzene rings is 7. The largest absolute Gasteiger partial charge is 0.509 e. The standard InChI is InChI=1S/C36H28B4O/c37-32-31(33(38)35(40)36(41)34(32)39)30-26-16-8-6-14-24(26)29(25-15-7-9-17-27(25)30)22-18-21-12-4-5-13-23(21)28(19-22)20-10-2-1-3-11-20/h1-19,41H,37-40H2. The molecule has 0 fully saturated rings. The molecular weight excluding hydrogens is 492 g/mol. The van der Waals surface area contributed by atoms with Gasteiger partial charge in [-0.1, -0.05) is 125 Å². The second-order valence-corrected chi connectivity index (χ2v) is 11.2. The molecule has 0 radical (unpaired) electrons. The van der Waals surface area contributed by atoms with Gasteiger partial charge in [-0.05, 0) is 77.8 Å². The predicted octanol–water partition coefficient (Wildman–Crippen LogP) is 2.89. The van der Waals surface area contributed by atoms with Crippen molar-refractivity contribution in [3.63, 3.8) is 0 Å². The van der Waals surface area contributed by atoms with Gasteiger partial charge in [0.1, 0.15) is 37.1 Å². The molecule has 41 heavy (non-hydrogen) atoms. The average molecular weight is 520 g/mol. The van der Waals surface area contributed by atoms with Gasteiger partial charge in [0.2, 0.25) is 0 Å². The number of phenolic OH excluding ortho intramolecular Hbond substituents is 1. The maximum atomic E-state index is 10.9. The Morgan fingerprint density at radius 2 is 0.854 bits per heavy atom. The van der Waals surface area contributed by atoms with Crippen LogP contribution in [-0.2, 0) is 0 Å². The molecule has 0 aliphatic rings. The van der Waals surface area contributed by atoms with Gasteiger partial charge in [0.25, 0.3) is 0 Å². The van der Waals surface area contributed by atoms with Gasteiger partial charge in [-0.3, -0.25) is 0 Å². The summed E-state index contributed by atoms with van der Waals surface area (Å²) in [6.45, 7) is 0. The van der Waals surface area contributed by atoms with E-state index in [9.17, 15) is 5.11 Å². The molecule has 0 aliphatic heterocycles. The van der Waals surface area contributed by atoms with Crippen molar-refractivity contribution in [3.05, 3.63) is 115 Å². The summed E-state index contributed by atoms with van der Waals surface area (Å²) in [5.41, 5.74) is 11.6. The van der Waals surface area contributed by atoms with Crippen molar-refractivity contribution in [1.29, 1.82) is 0 Å². The molecule has 190 valence electrons. The number of phenols is 1. The molecule has 5 heteroatoms. The van der Waals surface area contributed by atoms with Crippen molar-refractivity contribution in [2.45, 2.75) is 0 Å². The van der Waals surface area contributed by atoms with Crippen LogP contribution in [0.4, 0.5) is 0 Å². The summed E-state index contributed by atoms with van der Waals surface area (Å²) in [5, 5.41) is 18.3. The third-order valence-corrected chi connectivity index (χ3v) is 9.00. The van der Waals surface area contributed by atoms with Crippen molar-refractivity contribution in [2.75, 3.05) is 0 Å². The van der Waals surface area contributed by atoms with Gasteiger partial charge in [0.15, 0.2) is 0 Å². The van der Waals surface area contributed by atoms with Crippen molar-refractivity contribution in [1.82, 2.24) is 0 Å². The Kier molecular flexibility index (Phi) is 6.05. The molecule has 1 N–H and O–H groups in total. The van der Waals surface area contributed by atoms with Crippen LogP contribution in [0, 0.1) is 0 Å². The van der Waals surface area contributed by atoms with E-state index in [2.05, 4.69) is 131 Å². The van der Waals surface area contributed by atoms with Crippen LogP contribution >= 0.6 is 0 Å². The lowest BCUT2D eigenvalue weighted by Gasteiger charge is -2.24. The molecule has 0 unspecified atom stereocenters. The molecular formula is C36H28B4O. The van der Waals surface area contributed by atoms with Crippen molar-refractivity contribution in [3.8, 4) is 39.1 Å². The smallest absolute Gasteiger partial charge is 0.143 e. The van der Waals surface area contributed by atoms with E-state index in [-0.39, 0.29) is 0 Å². The average Bonchev–Trinajstić information content (AvgIpc) is 3.02. The maximum absolute atomic E-state index is 10.9. The molecule has 0 saturated carbocycles. The zero-order valence-corrected chi connectivity index (χ0v) is 23.9. The Morgan fingerprint density at radius 1 is 0.390 bits per heavy atom. The van der Waals surface area contributed by atoms with E-state index in [0.717, 1.165) is 21.9 Å². The lowest BCUT2D eigenvalue weighted by atomic mass is 9.64. The highest BCUT2D eigenvalue weighted by molar-refractivity contribution is 6.61. The molecule has 0 amide bonds. The van der Waals surface area contributed by atoms with E-state index in [1.807, 2.05) is 15.7 Å². The fourth-order valence-corrected chi connectivity index (χ4v) is 6.69. The van der Waals surface area contributed by atoms with E-state index in [0.29, 0.717) is 5.75 Å². The zero-order chi connectivity index (χ0) is 28.2. The van der Waals surface area contributed by atoms with E-state index in [1.165, 1.54) is 65.7 Å².